The van der Waals surface area contributed by atoms with Crippen LogP contribution < -0.4 is 0 Å². The van der Waals surface area contributed by atoms with Gasteiger partial charge >= 0.3 is 0 Å². The first-order chi connectivity index (χ1) is 12.3. The van der Waals surface area contributed by atoms with Crippen LogP contribution in [0.1, 0.15) is 52.5 Å². The van der Waals surface area contributed by atoms with Crippen LogP contribution in [0.25, 0.3) is 0 Å². The third-order valence-corrected chi connectivity index (χ3v) is 6.14. The van der Waals surface area contributed by atoms with Crippen molar-refractivity contribution in [3.05, 3.63) is 60.2 Å². The molecule has 0 radical (unpaired) electrons. The number of hydrogen-bond donors (Lipinski definition) is 1. The summed E-state index contributed by atoms with van der Waals surface area (Å²) in [4.78, 5) is 0. The van der Waals surface area contributed by atoms with E-state index in [1.807, 2.05) is 6.92 Å². The standard InChI is InChI=1S/C24H36O2/c1-7-17(4)13-23-19(6)21(14-20-11-9-8-10-12-20)24(26-23)15-22(25)18(5)16(2)3/h8-12,17,19,21-25H,2,5,7,13-15H2,1,3-4,6H3/t17-,19-,21-,22+,23-,24+/m1/s1. The Morgan fingerprint density at radius 1 is 1.15 bits per heavy atom. The molecule has 6 atom stereocenters. The Kier molecular flexibility index (Phi) is 7.67. The maximum Gasteiger partial charge on any atom is 0.0811 e. The van der Waals surface area contributed by atoms with Crippen molar-refractivity contribution in [1.82, 2.24) is 0 Å². The van der Waals surface area contributed by atoms with Crippen molar-refractivity contribution in [2.75, 3.05) is 0 Å². The van der Waals surface area contributed by atoms with Gasteiger partial charge in [-0.15, -0.1) is 0 Å². The van der Waals surface area contributed by atoms with E-state index in [9.17, 15) is 5.11 Å². The van der Waals surface area contributed by atoms with Gasteiger partial charge in [0, 0.05) is 6.42 Å². The summed E-state index contributed by atoms with van der Waals surface area (Å²) < 4.78 is 6.50. The Bertz CT molecular complexity index is 591. The molecule has 1 aromatic rings. The minimum atomic E-state index is -0.578. The van der Waals surface area contributed by atoms with E-state index in [-0.39, 0.29) is 12.2 Å². The molecule has 0 amide bonds. The maximum atomic E-state index is 10.6. The lowest BCUT2D eigenvalue weighted by Gasteiger charge is -2.24. The summed E-state index contributed by atoms with van der Waals surface area (Å²) >= 11 is 0. The Balaban J connectivity index is 2.14. The van der Waals surface area contributed by atoms with E-state index in [1.54, 1.807) is 0 Å². The van der Waals surface area contributed by atoms with Crippen LogP contribution in [-0.4, -0.2) is 23.4 Å². The SMILES string of the molecule is C=C(C)C(=C)[C@@H](O)C[C@@H]1O[C@H](C[C@H](C)CC)[C@H](C)[C@H]1Cc1ccccc1. The Morgan fingerprint density at radius 2 is 1.81 bits per heavy atom. The normalized spacial score (nSPS) is 27.9. The summed E-state index contributed by atoms with van der Waals surface area (Å²) in [6.07, 6.45) is 3.62. The van der Waals surface area contributed by atoms with Crippen LogP contribution in [0.4, 0.5) is 0 Å². The Labute approximate surface area is 160 Å². The van der Waals surface area contributed by atoms with Gasteiger partial charge in [-0.1, -0.05) is 76.3 Å². The van der Waals surface area contributed by atoms with Crippen molar-refractivity contribution in [3.8, 4) is 0 Å². The quantitative estimate of drug-likeness (QED) is 0.586. The topological polar surface area (TPSA) is 29.5 Å². The van der Waals surface area contributed by atoms with E-state index in [0.29, 0.717) is 24.2 Å². The molecule has 1 aliphatic rings. The van der Waals surface area contributed by atoms with Gasteiger partial charge in [-0.3, -0.25) is 0 Å². The van der Waals surface area contributed by atoms with Gasteiger partial charge in [-0.25, -0.2) is 0 Å². The second kappa shape index (κ2) is 9.53. The molecular formula is C24H36O2. The van der Waals surface area contributed by atoms with Crippen LogP contribution in [0.15, 0.2) is 54.6 Å². The van der Waals surface area contributed by atoms with E-state index >= 15 is 0 Å². The van der Waals surface area contributed by atoms with Gasteiger partial charge < -0.3 is 9.84 Å². The van der Waals surface area contributed by atoms with Gasteiger partial charge in [0.1, 0.15) is 0 Å². The highest BCUT2D eigenvalue weighted by Crippen LogP contribution is 2.40. The second-order valence-electron chi connectivity index (χ2n) is 8.23. The lowest BCUT2D eigenvalue weighted by molar-refractivity contribution is -0.00355. The molecule has 2 heteroatoms. The van der Waals surface area contributed by atoms with E-state index in [4.69, 9.17) is 4.74 Å². The average molecular weight is 357 g/mol. The second-order valence-corrected chi connectivity index (χ2v) is 8.23. The predicted octanol–water partition coefficient (Wildman–Crippen LogP) is 5.57. The van der Waals surface area contributed by atoms with E-state index in [0.717, 1.165) is 24.0 Å². The van der Waals surface area contributed by atoms with Crippen LogP contribution in [0.3, 0.4) is 0 Å². The van der Waals surface area contributed by atoms with Gasteiger partial charge in [0.25, 0.3) is 0 Å². The summed E-state index contributed by atoms with van der Waals surface area (Å²) in [7, 11) is 0. The fourth-order valence-corrected chi connectivity index (χ4v) is 3.98. The maximum absolute atomic E-state index is 10.6. The highest BCUT2D eigenvalue weighted by Gasteiger charge is 2.42. The summed E-state index contributed by atoms with van der Waals surface area (Å²) in [5, 5.41) is 10.6. The van der Waals surface area contributed by atoms with Crippen LogP contribution in [0.2, 0.25) is 0 Å². The fourth-order valence-electron chi connectivity index (χ4n) is 3.98. The summed E-state index contributed by atoms with van der Waals surface area (Å²) in [6.45, 7) is 16.7. The molecule has 1 aromatic carbocycles. The molecule has 144 valence electrons. The van der Waals surface area contributed by atoms with Crippen molar-refractivity contribution in [2.45, 2.75) is 71.7 Å². The van der Waals surface area contributed by atoms with Crippen molar-refractivity contribution in [1.29, 1.82) is 0 Å². The fraction of sp³-hybridized carbons (Fsp3) is 0.583. The van der Waals surface area contributed by atoms with Gasteiger partial charge in [0.05, 0.1) is 18.3 Å². The predicted molar refractivity (Wildman–Crippen MR) is 110 cm³/mol. The lowest BCUT2D eigenvalue weighted by Crippen LogP contribution is -2.27. The third-order valence-electron chi connectivity index (χ3n) is 6.14. The molecule has 0 spiro atoms. The highest BCUT2D eigenvalue weighted by molar-refractivity contribution is 5.27. The lowest BCUT2D eigenvalue weighted by atomic mass is 9.80. The van der Waals surface area contributed by atoms with Gasteiger partial charge in [-0.2, -0.15) is 0 Å². The molecule has 0 bridgehead atoms. The number of benzene rings is 1. The molecule has 2 nitrogen and oxygen atoms in total. The van der Waals surface area contributed by atoms with Crippen LogP contribution in [0, 0.1) is 17.8 Å². The van der Waals surface area contributed by atoms with Gasteiger partial charge in [0.15, 0.2) is 0 Å². The van der Waals surface area contributed by atoms with Crippen molar-refractivity contribution >= 4 is 0 Å². The van der Waals surface area contributed by atoms with Crippen LogP contribution in [-0.2, 0) is 11.2 Å². The highest BCUT2D eigenvalue weighted by atomic mass is 16.5. The van der Waals surface area contributed by atoms with E-state index in [1.165, 1.54) is 12.0 Å². The molecule has 0 aliphatic carbocycles. The molecule has 1 fully saturated rings. The van der Waals surface area contributed by atoms with Crippen LogP contribution >= 0.6 is 0 Å². The smallest absolute Gasteiger partial charge is 0.0811 e. The van der Waals surface area contributed by atoms with Gasteiger partial charge in [-0.05, 0) is 48.7 Å². The molecule has 2 rings (SSSR count). The summed E-state index contributed by atoms with van der Waals surface area (Å²) in [5.41, 5.74) is 2.92. The first-order valence-electron chi connectivity index (χ1n) is 10.1. The van der Waals surface area contributed by atoms with E-state index < -0.39 is 6.10 Å². The number of aliphatic hydroxyl groups excluding tert-OH is 1. The molecule has 0 saturated carbocycles. The van der Waals surface area contributed by atoms with Crippen molar-refractivity contribution in [3.63, 3.8) is 0 Å². The van der Waals surface area contributed by atoms with E-state index in [2.05, 4.69) is 64.3 Å². The largest absolute Gasteiger partial charge is 0.388 e. The summed E-state index contributed by atoms with van der Waals surface area (Å²) in [5.74, 6) is 1.56. The van der Waals surface area contributed by atoms with Crippen molar-refractivity contribution in [2.24, 2.45) is 17.8 Å². The first kappa shape index (κ1) is 20.9. The number of ether oxygens (including phenoxy) is 1. The number of aliphatic hydroxyl groups is 1. The minimum Gasteiger partial charge on any atom is -0.388 e. The Morgan fingerprint density at radius 3 is 2.38 bits per heavy atom. The molecular weight excluding hydrogens is 320 g/mol. The zero-order valence-corrected chi connectivity index (χ0v) is 16.9. The molecule has 1 N–H and O–H groups in total. The third kappa shape index (κ3) is 5.31. The first-order valence-corrected chi connectivity index (χ1v) is 10.1. The Hall–Kier alpha value is -1.38. The molecule has 26 heavy (non-hydrogen) atoms. The molecule has 0 unspecified atom stereocenters. The monoisotopic (exact) mass is 356 g/mol. The van der Waals surface area contributed by atoms with Crippen molar-refractivity contribution < 1.29 is 9.84 Å². The molecule has 1 aliphatic heterocycles. The zero-order chi connectivity index (χ0) is 19.3. The number of hydrogen-bond acceptors (Lipinski definition) is 2. The number of rotatable bonds is 9. The summed E-state index contributed by atoms with van der Waals surface area (Å²) in [6, 6.07) is 10.6. The van der Waals surface area contributed by atoms with Crippen LogP contribution in [0.5, 0.6) is 0 Å². The molecule has 0 aromatic heterocycles. The average Bonchev–Trinajstić information content (AvgIpc) is 2.90. The molecule has 1 heterocycles. The minimum absolute atomic E-state index is 0.0605. The molecule has 1 saturated heterocycles. The van der Waals surface area contributed by atoms with Gasteiger partial charge in [0.2, 0.25) is 0 Å². The zero-order valence-electron chi connectivity index (χ0n) is 16.9.